The fraction of sp³-hybridized carbons (Fsp3) is 0.389. The van der Waals surface area contributed by atoms with E-state index in [1.807, 2.05) is 58.9 Å². The summed E-state index contributed by atoms with van der Waals surface area (Å²) in [5, 5.41) is 12.0. The summed E-state index contributed by atoms with van der Waals surface area (Å²) in [7, 11) is -8.90. The molecule has 4 rings (SSSR count). The fourth-order valence-electron chi connectivity index (χ4n) is 5.57. The van der Waals surface area contributed by atoms with Crippen LogP contribution in [0.3, 0.4) is 0 Å². The molecule has 2 aromatic rings. The number of aromatic hydroxyl groups is 1. The maximum atomic E-state index is 12.9. The van der Waals surface area contributed by atoms with Gasteiger partial charge in [-0.05, 0) is 49.8 Å². The molecule has 15 heteroatoms. The van der Waals surface area contributed by atoms with Crippen LogP contribution in [0.15, 0.2) is 68.2 Å². The van der Waals surface area contributed by atoms with Gasteiger partial charge < -0.3 is 27.9 Å². The molecule has 0 amide bonds. The van der Waals surface area contributed by atoms with E-state index in [1.165, 1.54) is 6.08 Å². The third-order valence-corrected chi connectivity index (χ3v) is 9.79. The molecule has 2 aliphatic rings. The van der Waals surface area contributed by atoms with E-state index in [0.717, 1.165) is 29.9 Å². The number of anilines is 1. The number of nitrogens with zero attached hydrogens (tertiary/aromatic N) is 2. The van der Waals surface area contributed by atoms with Gasteiger partial charge in [0.15, 0.2) is 0 Å². The summed E-state index contributed by atoms with van der Waals surface area (Å²) in [6.45, 7) is 11.8. The van der Waals surface area contributed by atoms with E-state index < -0.39 is 42.8 Å². The Morgan fingerprint density at radius 2 is 1.47 bits per heavy atom. The molecule has 1 aromatic heterocycles. The Hall–Kier alpha value is -3.24. The maximum absolute atomic E-state index is 12.9. The summed E-state index contributed by atoms with van der Waals surface area (Å²) in [5.41, 5.74) is 1.64. The first-order valence-electron chi connectivity index (χ1n) is 16.3. The van der Waals surface area contributed by atoms with E-state index in [1.54, 1.807) is 41.0 Å². The maximum Gasteiger partial charge on any atom is 1.00 e. The molecule has 0 fully saturated rings. The molecule has 0 unspecified atom stereocenters. The van der Waals surface area contributed by atoms with Gasteiger partial charge in [-0.1, -0.05) is 39.0 Å². The van der Waals surface area contributed by atoms with Crippen LogP contribution in [0.25, 0.3) is 34.4 Å². The van der Waals surface area contributed by atoms with Gasteiger partial charge in [-0.15, -0.1) is 0 Å². The number of rotatable bonds is 14. The second-order valence-electron chi connectivity index (χ2n) is 12.9. The van der Waals surface area contributed by atoms with Crippen molar-refractivity contribution in [3.63, 3.8) is 0 Å². The monoisotopic (exact) mass is 750 g/mol. The van der Waals surface area contributed by atoms with Crippen molar-refractivity contribution in [3.05, 3.63) is 87.3 Å². The Kier molecular flexibility index (Phi) is 14.5. The molecule has 1 aromatic carbocycles. The number of allylic oxidation sites excluding steroid dienone is 2. The Morgan fingerprint density at radius 3 is 2.04 bits per heavy atom. The van der Waals surface area contributed by atoms with Gasteiger partial charge in [-0.2, -0.15) is 0 Å². The first-order chi connectivity index (χ1) is 23.4. The number of fused-ring (bicyclic) bond motifs is 2. The average molecular weight is 751 g/mol. The second-order valence-corrected chi connectivity index (χ2v) is 16.0. The molecular formula is C36H43N2NaO10S2. The molecular weight excluding hydrogens is 708 g/mol. The van der Waals surface area contributed by atoms with E-state index in [9.17, 15) is 35.8 Å². The number of benzene rings is 2. The standard InChI is InChI=1S/C36H44N2O10S2.Na/c1-6-37(7-2)26-15-17-29-32(23-26)48-35(40)30(34(29)39)13-9-8-12-25-22-33(36(3,4)5)47-31-24-27(14-16-28(25)31)38(18-10-20-49(41,42)43)19-11-21-50(44,45)46;/h8-9,12-17,22-24H,6-7,10-11,18-21H2,1-5H3,(H2,41,42,43,44,45,46);/q;+1/p-1. The largest absolute Gasteiger partial charge is 1.00 e. The van der Waals surface area contributed by atoms with Crippen molar-refractivity contribution >= 4 is 49.0 Å². The van der Waals surface area contributed by atoms with Gasteiger partial charge in [0.25, 0.3) is 0 Å². The van der Waals surface area contributed by atoms with Crippen molar-refractivity contribution in [2.24, 2.45) is 0 Å². The molecule has 1 N–H and O–H groups in total. The third kappa shape index (κ3) is 11.6. The smallest absolute Gasteiger partial charge is 0.748 e. The second kappa shape index (κ2) is 17.5. The van der Waals surface area contributed by atoms with Gasteiger partial charge in [0.2, 0.25) is 5.36 Å². The molecule has 0 saturated heterocycles. The zero-order valence-corrected chi connectivity index (χ0v) is 33.5. The molecule has 0 atom stereocenters. The first-order valence-corrected chi connectivity index (χ1v) is 19.5. The topological polar surface area (TPSA) is 184 Å². The SMILES string of the molecule is CCN(CC)c1ccc2c(O)c(/C=C/C=C/c3cc(C(C)(C)C)oc4cc(=[N+](CCCS(=O)(=O)[O-])CCCS(=O)(=O)[O-])ccc3-4)c(=O)oc2c1.[Na+]. The molecule has 51 heavy (non-hydrogen) atoms. The normalized spacial score (nSPS) is 12.6. The van der Waals surface area contributed by atoms with Gasteiger partial charge in [0.1, 0.15) is 41.5 Å². The van der Waals surface area contributed by atoms with Crippen molar-refractivity contribution in [1.82, 2.24) is 4.58 Å². The molecule has 2 heterocycles. The fourth-order valence-corrected chi connectivity index (χ4v) is 6.54. The van der Waals surface area contributed by atoms with Crippen molar-refractivity contribution < 1.29 is 69.4 Å². The van der Waals surface area contributed by atoms with E-state index in [0.29, 0.717) is 27.8 Å². The number of hydrogen-bond donors (Lipinski definition) is 1. The van der Waals surface area contributed by atoms with Crippen molar-refractivity contribution in [2.45, 2.75) is 52.9 Å². The van der Waals surface area contributed by atoms with E-state index >= 15 is 0 Å². The minimum Gasteiger partial charge on any atom is -0.748 e. The van der Waals surface area contributed by atoms with Crippen LogP contribution < -0.4 is 50.0 Å². The summed E-state index contributed by atoms with van der Waals surface area (Å²) in [5.74, 6) is -0.204. The van der Waals surface area contributed by atoms with Crippen LogP contribution in [-0.4, -0.2) is 68.7 Å². The predicted octanol–water partition coefficient (Wildman–Crippen LogP) is 1.71. The third-order valence-electron chi connectivity index (χ3n) is 8.21. The Balaban J connectivity index is 0.00000702. The molecule has 0 saturated carbocycles. The van der Waals surface area contributed by atoms with Crippen molar-refractivity contribution in [1.29, 1.82) is 0 Å². The minimum absolute atomic E-state index is 0. The molecule has 0 bridgehead atoms. The quantitative estimate of drug-likeness (QED) is 0.0651. The van der Waals surface area contributed by atoms with Crippen LogP contribution in [0.5, 0.6) is 5.75 Å². The zero-order valence-electron chi connectivity index (χ0n) is 29.8. The minimum atomic E-state index is -4.45. The first kappa shape index (κ1) is 42.2. The molecule has 0 spiro atoms. The number of hydrogen-bond acceptors (Lipinski definition) is 11. The van der Waals surface area contributed by atoms with E-state index in [4.69, 9.17) is 8.83 Å². The average Bonchev–Trinajstić information content (AvgIpc) is 3.02. The van der Waals surface area contributed by atoms with Gasteiger partial charge in [0, 0.05) is 66.2 Å². The zero-order chi connectivity index (χ0) is 36.9. The van der Waals surface area contributed by atoms with Crippen molar-refractivity contribution in [3.8, 4) is 17.1 Å². The van der Waals surface area contributed by atoms with Gasteiger partial charge in [-0.3, -0.25) is 0 Å². The summed E-state index contributed by atoms with van der Waals surface area (Å²) in [6, 6.07) is 12.6. The Bertz CT molecular complexity index is 2190. The molecule has 1 aliphatic carbocycles. The van der Waals surface area contributed by atoms with Gasteiger partial charge >= 0.3 is 35.2 Å². The van der Waals surface area contributed by atoms with Crippen LogP contribution in [0.1, 0.15) is 64.3 Å². The van der Waals surface area contributed by atoms with Crippen molar-refractivity contribution in [2.75, 3.05) is 42.6 Å². The van der Waals surface area contributed by atoms with E-state index in [-0.39, 0.29) is 66.8 Å². The summed E-state index contributed by atoms with van der Waals surface area (Å²) in [4.78, 5) is 15.0. The molecule has 270 valence electrons. The van der Waals surface area contributed by atoms with Crippen LogP contribution in [-0.2, 0) is 25.7 Å². The van der Waals surface area contributed by atoms with Crippen LogP contribution in [0.4, 0.5) is 5.69 Å². The molecule has 0 radical (unpaired) electrons. The van der Waals surface area contributed by atoms with Crippen LogP contribution in [0, 0.1) is 0 Å². The summed E-state index contributed by atoms with van der Waals surface area (Å²) < 4.78 is 80.8. The predicted molar refractivity (Wildman–Crippen MR) is 193 cm³/mol. The van der Waals surface area contributed by atoms with Crippen LogP contribution >= 0.6 is 0 Å². The van der Waals surface area contributed by atoms with Crippen LogP contribution in [0.2, 0.25) is 0 Å². The van der Waals surface area contributed by atoms with Gasteiger partial charge in [-0.25, -0.2) is 26.2 Å². The van der Waals surface area contributed by atoms with E-state index in [2.05, 4.69) is 4.90 Å². The molecule has 12 nitrogen and oxygen atoms in total. The van der Waals surface area contributed by atoms with Gasteiger partial charge in [0.05, 0.1) is 31.7 Å². The molecule has 1 aliphatic heterocycles. The summed E-state index contributed by atoms with van der Waals surface area (Å²) >= 11 is 0. The Morgan fingerprint density at radius 1 is 0.863 bits per heavy atom. The Labute approximate surface area is 320 Å². The summed E-state index contributed by atoms with van der Waals surface area (Å²) in [6.07, 6.45) is 6.68.